The number of hydrogen-bond acceptors (Lipinski definition) is 3. The minimum absolute atomic E-state index is 0.481. The molecule has 0 radical (unpaired) electrons. The highest BCUT2D eigenvalue weighted by Crippen LogP contribution is 2.25. The quantitative estimate of drug-likeness (QED) is 0.791. The first-order chi connectivity index (χ1) is 8.17. The normalized spacial score (nSPS) is 10.9. The predicted octanol–water partition coefficient (Wildman–Crippen LogP) is 3.98. The Morgan fingerprint density at radius 3 is 2.24 bits per heavy atom. The summed E-state index contributed by atoms with van der Waals surface area (Å²) >= 11 is 2.34. The Morgan fingerprint density at radius 1 is 1.12 bits per heavy atom. The minimum atomic E-state index is 0.481. The van der Waals surface area contributed by atoms with Crippen molar-refractivity contribution in [3.63, 3.8) is 0 Å². The molecular weight excluding hydrogens is 325 g/mol. The van der Waals surface area contributed by atoms with Crippen LogP contribution >= 0.6 is 22.6 Å². The molecule has 0 fully saturated rings. The van der Waals surface area contributed by atoms with E-state index in [-0.39, 0.29) is 0 Å². The average molecular weight is 347 g/mol. The summed E-state index contributed by atoms with van der Waals surface area (Å²) in [6, 6.07) is 0. The number of aryl methyl sites for hydroxylation is 1. The Hall–Kier alpha value is -0.390. The van der Waals surface area contributed by atoms with E-state index in [2.05, 4.69) is 60.6 Å². The van der Waals surface area contributed by atoms with Gasteiger partial charge in [0.25, 0.3) is 0 Å². The molecule has 0 unspecified atom stereocenters. The van der Waals surface area contributed by atoms with E-state index in [0.29, 0.717) is 5.92 Å². The van der Waals surface area contributed by atoms with E-state index in [9.17, 15) is 0 Å². The van der Waals surface area contributed by atoms with Crippen LogP contribution in [0.5, 0.6) is 0 Å². The first-order valence-corrected chi connectivity index (χ1v) is 7.55. The summed E-state index contributed by atoms with van der Waals surface area (Å²) in [5.41, 5.74) is 1.17. The Balaban J connectivity index is 3.18. The number of aromatic nitrogens is 2. The van der Waals surface area contributed by atoms with E-state index >= 15 is 0 Å². The van der Waals surface area contributed by atoms with Gasteiger partial charge in [-0.25, -0.2) is 9.97 Å². The number of hydrogen-bond donors (Lipinski definition) is 1. The molecule has 0 aliphatic rings. The van der Waals surface area contributed by atoms with Crippen LogP contribution in [-0.2, 0) is 6.42 Å². The zero-order valence-corrected chi connectivity index (χ0v) is 13.3. The fraction of sp³-hybridized carbons (Fsp3) is 0.692. The molecule has 0 bridgehead atoms. The molecule has 1 rings (SSSR count). The van der Waals surface area contributed by atoms with Crippen molar-refractivity contribution in [3.8, 4) is 0 Å². The van der Waals surface area contributed by atoms with Gasteiger partial charge in [-0.1, -0.05) is 20.8 Å². The average Bonchev–Trinajstić information content (AvgIpc) is 2.34. The lowest BCUT2D eigenvalue weighted by Crippen LogP contribution is -2.12. The van der Waals surface area contributed by atoms with Gasteiger partial charge in [0, 0.05) is 12.5 Å². The molecule has 0 saturated carbocycles. The van der Waals surface area contributed by atoms with Crippen molar-refractivity contribution in [2.75, 3.05) is 11.9 Å². The summed E-state index contributed by atoms with van der Waals surface area (Å²) in [5, 5.41) is 3.34. The number of nitrogens with one attached hydrogen (secondary N) is 1. The van der Waals surface area contributed by atoms with Crippen LogP contribution < -0.4 is 5.32 Å². The maximum atomic E-state index is 4.72. The lowest BCUT2D eigenvalue weighted by Gasteiger charge is -2.16. The second-order valence-corrected chi connectivity index (χ2v) is 5.17. The van der Waals surface area contributed by atoms with Crippen LogP contribution in [0.3, 0.4) is 0 Å². The summed E-state index contributed by atoms with van der Waals surface area (Å²) in [6.07, 6.45) is 3.17. The van der Waals surface area contributed by atoms with E-state index < -0.39 is 0 Å². The molecule has 1 heterocycles. The largest absolute Gasteiger partial charge is 0.369 e. The minimum Gasteiger partial charge on any atom is -0.369 e. The molecule has 0 aliphatic heterocycles. The van der Waals surface area contributed by atoms with E-state index in [1.54, 1.807) is 0 Å². The Bertz CT molecular complexity index is 362. The third kappa shape index (κ3) is 3.53. The van der Waals surface area contributed by atoms with Gasteiger partial charge in [0.05, 0.1) is 9.26 Å². The van der Waals surface area contributed by atoms with Gasteiger partial charge in [-0.05, 0) is 48.8 Å². The molecule has 1 aromatic rings. The molecule has 96 valence electrons. The lowest BCUT2D eigenvalue weighted by molar-refractivity contribution is 0.597. The Morgan fingerprint density at radius 2 is 1.76 bits per heavy atom. The van der Waals surface area contributed by atoms with Crippen LogP contribution in [0.25, 0.3) is 0 Å². The summed E-state index contributed by atoms with van der Waals surface area (Å²) < 4.78 is 1.17. The van der Waals surface area contributed by atoms with E-state index in [4.69, 9.17) is 4.98 Å². The van der Waals surface area contributed by atoms with Gasteiger partial charge in [-0.3, -0.25) is 0 Å². The molecule has 0 aliphatic carbocycles. The van der Waals surface area contributed by atoms with Crippen LogP contribution in [0.15, 0.2) is 0 Å². The summed E-state index contributed by atoms with van der Waals surface area (Å²) in [5.74, 6) is 2.49. The molecule has 0 saturated heterocycles. The van der Waals surface area contributed by atoms with Gasteiger partial charge in [0.15, 0.2) is 0 Å². The lowest BCUT2D eigenvalue weighted by atomic mass is 10.0. The molecule has 3 nitrogen and oxygen atoms in total. The van der Waals surface area contributed by atoms with Crippen molar-refractivity contribution < 1.29 is 0 Å². The second-order valence-electron chi connectivity index (χ2n) is 4.09. The second kappa shape index (κ2) is 7.13. The summed E-state index contributed by atoms with van der Waals surface area (Å²) in [7, 11) is 0. The van der Waals surface area contributed by atoms with Crippen molar-refractivity contribution in [3.05, 3.63) is 15.1 Å². The highest BCUT2D eigenvalue weighted by Gasteiger charge is 2.15. The van der Waals surface area contributed by atoms with E-state index in [0.717, 1.165) is 37.4 Å². The van der Waals surface area contributed by atoms with Crippen molar-refractivity contribution in [1.29, 1.82) is 0 Å². The third-order valence-electron chi connectivity index (χ3n) is 2.97. The fourth-order valence-electron chi connectivity index (χ4n) is 1.87. The first-order valence-electron chi connectivity index (χ1n) is 6.47. The van der Waals surface area contributed by atoms with Crippen molar-refractivity contribution in [1.82, 2.24) is 9.97 Å². The van der Waals surface area contributed by atoms with Crippen LogP contribution in [0.4, 0.5) is 5.82 Å². The van der Waals surface area contributed by atoms with Crippen molar-refractivity contribution >= 4 is 28.4 Å². The van der Waals surface area contributed by atoms with Gasteiger partial charge in [0.2, 0.25) is 0 Å². The standard InChI is InChI=1S/C13H22IN3/c1-5-9(6-2)12-16-10(7-3)11(14)13(17-12)15-8-4/h9H,5-8H2,1-4H3,(H,15,16,17). The number of rotatable bonds is 6. The van der Waals surface area contributed by atoms with Crippen LogP contribution in [0, 0.1) is 3.57 Å². The molecule has 1 aromatic heterocycles. The predicted molar refractivity (Wildman–Crippen MR) is 81.6 cm³/mol. The number of halogens is 1. The zero-order chi connectivity index (χ0) is 12.8. The van der Waals surface area contributed by atoms with Crippen LogP contribution in [0.2, 0.25) is 0 Å². The summed E-state index contributed by atoms with van der Waals surface area (Å²) in [4.78, 5) is 9.40. The third-order valence-corrected chi connectivity index (χ3v) is 4.10. The number of anilines is 1. The maximum absolute atomic E-state index is 4.72. The molecule has 0 spiro atoms. The SMILES string of the molecule is CCNc1nc(C(CC)CC)nc(CC)c1I. The van der Waals surface area contributed by atoms with Crippen LogP contribution in [0.1, 0.15) is 58.0 Å². The van der Waals surface area contributed by atoms with Gasteiger partial charge < -0.3 is 5.32 Å². The van der Waals surface area contributed by atoms with Crippen molar-refractivity contribution in [2.45, 2.75) is 52.9 Å². The van der Waals surface area contributed by atoms with Gasteiger partial charge >= 0.3 is 0 Å². The smallest absolute Gasteiger partial charge is 0.143 e. The molecule has 0 amide bonds. The molecular formula is C13H22IN3. The molecule has 0 aromatic carbocycles. The zero-order valence-electron chi connectivity index (χ0n) is 11.2. The highest BCUT2D eigenvalue weighted by molar-refractivity contribution is 14.1. The maximum Gasteiger partial charge on any atom is 0.143 e. The van der Waals surface area contributed by atoms with Crippen molar-refractivity contribution in [2.24, 2.45) is 0 Å². The monoisotopic (exact) mass is 347 g/mol. The van der Waals surface area contributed by atoms with Crippen LogP contribution in [-0.4, -0.2) is 16.5 Å². The molecule has 4 heteroatoms. The molecule has 0 atom stereocenters. The van der Waals surface area contributed by atoms with Gasteiger partial charge in [-0.15, -0.1) is 0 Å². The first kappa shape index (κ1) is 14.7. The van der Waals surface area contributed by atoms with Gasteiger partial charge in [0.1, 0.15) is 11.6 Å². The molecule has 1 N–H and O–H groups in total. The summed E-state index contributed by atoms with van der Waals surface area (Å²) in [6.45, 7) is 9.55. The highest BCUT2D eigenvalue weighted by atomic mass is 127. The van der Waals surface area contributed by atoms with E-state index in [1.165, 1.54) is 9.26 Å². The fourth-order valence-corrected chi connectivity index (χ4v) is 2.68. The van der Waals surface area contributed by atoms with Gasteiger partial charge in [-0.2, -0.15) is 0 Å². The topological polar surface area (TPSA) is 37.8 Å². The molecule has 17 heavy (non-hydrogen) atoms. The Kier molecular flexibility index (Phi) is 6.16. The van der Waals surface area contributed by atoms with E-state index in [1.807, 2.05) is 0 Å². The number of nitrogens with zero attached hydrogens (tertiary/aromatic N) is 2. The Labute approximate surface area is 118 Å².